The third-order valence-corrected chi connectivity index (χ3v) is 2.79. The van der Waals surface area contributed by atoms with Crippen LogP contribution in [0.2, 0.25) is 0 Å². The maximum absolute atomic E-state index is 5.11. The zero-order valence-corrected chi connectivity index (χ0v) is 9.01. The second-order valence-electron chi connectivity index (χ2n) is 4.21. The van der Waals surface area contributed by atoms with Gasteiger partial charge in [-0.15, -0.1) is 0 Å². The van der Waals surface area contributed by atoms with E-state index >= 15 is 0 Å². The van der Waals surface area contributed by atoms with Gasteiger partial charge in [-0.2, -0.15) is 0 Å². The summed E-state index contributed by atoms with van der Waals surface area (Å²) in [5.74, 6) is 0. The normalized spacial score (nSPS) is 22.6. The van der Waals surface area contributed by atoms with E-state index in [1.54, 1.807) is 7.11 Å². The minimum absolute atomic E-state index is 0.507. The molecular formula is C11H23NO. The maximum atomic E-state index is 5.11. The van der Waals surface area contributed by atoms with E-state index in [4.69, 9.17) is 4.74 Å². The van der Waals surface area contributed by atoms with Crippen LogP contribution in [0, 0.1) is 0 Å². The number of ether oxygens (including phenoxy) is 1. The van der Waals surface area contributed by atoms with Gasteiger partial charge < -0.3 is 10.1 Å². The summed E-state index contributed by atoms with van der Waals surface area (Å²) in [7, 11) is 1.77. The summed E-state index contributed by atoms with van der Waals surface area (Å²) in [5, 5.41) is 3.63. The maximum Gasteiger partial charge on any atom is 0.0613 e. The fourth-order valence-electron chi connectivity index (χ4n) is 2.15. The molecule has 1 atom stereocenters. The highest BCUT2D eigenvalue weighted by molar-refractivity contribution is 4.73. The summed E-state index contributed by atoms with van der Waals surface area (Å²) in [6.45, 7) is 3.03. The zero-order valence-electron chi connectivity index (χ0n) is 9.01. The van der Waals surface area contributed by atoms with Crippen molar-refractivity contribution in [1.29, 1.82) is 0 Å². The standard InChI is InChI=1S/C11H23NO/c1-10(9-13-2)12-11-7-5-3-4-6-8-11/h10-12H,3-9H2,1-2H3. The zero-order chi connectivity index (χ0) is 9.52. The summed E-state index contributed by atoms with van der Waals surface area (Å²) in [6.07, 6.45) is 8.37. The van der Waals surface area contributed by atoms with Gasteiger partial charge in [0.05, 0.1) is 6.61 Å². The molecule has 78 valence electrons. The van der Waals surface area contributed by atoms with Gasteiger partial charge in [0.2, 0.25) is 0 Å². The molecule has 0 amide bonds. The number of methoxy groups -OCH3 is 1. The van der Waals surface area contributed by atoms with E-state index in [9.17, 15) is 0 Å². The van der Waals surface area contributed by atoms with Crippen LogP contribution in [0.5, 0.6) is 0 Å². The van der Waals surface area contributed by atoms with Crippen molar-refractivity contribution in [3.05, 3.63) is 0 Å². The molecule has 2 nitrogen and oxygen atoms in total. The summed E-state index contributed by atoms with van der Waals surface area (Å²) in [6, 6.07) is 1.25. The molecule has 0 radical (unpaired) electrons. The number of hydrogen-bond acceptors (Lipinski definition) is 2. The average molecular weight is 185 g/mol. The van der Waals surface area contributed by atoms with Crippen molar-refractivity contribution >= 4 is 0 Å². The predicted octanol–water partition coefficient (Wildman–Crippen LogP) is 2.33. The van der Waals surface area contributed by atoms with Crippen molar-refractivity contribution < 1.29 is 4.74 Å². The van der Waals surface area contributed by atoms with E-state index in [-0.39, 0.29) is 0 Å². The van der Waals surface area contributed by atoms with Crippen LogP contribution >= 0.6 is 0 Å². The molecule has 0 saturated heterocycles. The van der Waals surface area contributed by atoms with Crippen LogP contribution in [0.4, 0.5) is 0 Å². The molecule has 1 rings (SSSR count). The second-order valence-corrected chi connectivity index (χ2v) is 4.21. The molecule has 0 bridgehead atoms. The lowest BCUT2D eigenvalue weighted by atomic mass is 10.1. The fourth-order valence-corrected chi connectivity index (χ4v) is 2.15. The van der Waals surface area contributed by atoms with Gasteiger partial charge >= 0.3 is 0 Å². The topological polar surface area (TPSA) is 21.3 Å². The SMILES string of the molecule is COCC(C)NC1CCCCCC1. The first-order chi connectivity index (χ1) is 6.33. The molecule has 1 fully saturated rings. The van der Waals surface area contributed by atoms with Crippen LogP contribution in [0.15, 0.2) is 0 Å². The number of rotatable bonds is 4. The first-order valence-corrected chi connectivity index (χ1v) is 5.58. The van der Waals surface area contributed by atoms with Crippen molar-refractivity contribution in [2.24, 2.45) is 0 Å². The highest BCUT2D eigenvalue weighted by Crippen LogP contribution is 2.17. The van der Waals surface area contributed by atoms with E-state index in [0.29, 0.717) is 6.04 Å². The van der Waals surface area contributed by atoms with Gasteiger partial charge in [0.1, 0.15) is 0 Å². The van der Waals surface area contributed by atoms with Crippen molar-refractivity contribution in [2.75, 3.05) is 13.7 Å². The summed E-state index contributed by atoms with van der Waals surface area (Å²) >= 11 is 0. The molecule has 1 aliphatic carbocycles. The van der Waals surface area contributed by atoms with Gasteiger partial charge in [-0.1, -0.05) is 25.7 Å². The minimum atomic E-state index is 0.507. The molecule has 0 aromatic rings. The first-order valence-electron chi connectivity index (χ1n) is 5.58. The van der Waals surface area contributed by atoms with Gasteiger partial charge in [-0.25, -0.2) is 0 Å². The highest BCUT2D eigenvalue weighted by atomic mass is 16.5. The Balaban J connectivity index is 2.17. The van der Waals surface area contributed by atoms with E-state index in [0.717, 1.165) is 12.6 Å². The van der Waals surface area contributed by atoms with Crippen molar-refractivity contribution in [3.8, 4) is 0 Å². The Morgan fingerprint density at radius 1 is 1.23 bits per heavy atom. The summed E-state index contributed by atoms with van der Waals surface area (Å²) < 4.78 is 5.11. The molecule has 0 spiro atoms. The lowest BCUT2D eigenvalue weighted by Gasteiger charge is -2.21. The van der Waals surface area contributed by atoms with Gasteiger partial charge in [0.25, 0.3) is 0 Å². The fraction of sp³-hybridized carbons (Fsp3) is 1.00. The molecule has 2 heteroatoms. The van der Waals surface area contributed by atoms with Crippen LogP contribution in [0.3, 0.4) is 0 Å². The van der Waals surface area contributed by atoms with Crippen molar-refractivity contribution in [3.63, 3.8) is 0 Å². The molecule has 13 heavy (non-hydrogen) atoms. The Kier molecular flexibility index (Phi) is 5.40. The molecular weight excluding hydrogens is 162 g/mol. The molecule has 0 aromatic heterocycles. The van der Waals surface area contributed by atoms with Crippen LogP contribution in [-0.2, 0) is 4.74 Å². The van der Waals surface area contributed by atoms with Crippen LogP contribution in [0.1, 0.15) is 45.4 Å². The van der Waals surface area contributed by atoms with Gasteiger partial charge in [0.15, 0.2) is 0 Å². The molecule has 1 aliphatic rings. The van der Waals surface area contributed by atoms with E-state index < -0.39 is 0 Å². The summed E-state index contributed by atoms with van der Waals surface area (Å²) in [4.78, 5) is 0. The Morgan fingerprint density at radius 3 is 2.38 bits per heavy atom. The Labute approximate surface area is 82.0 Å². The van der Waals surface area contributed by atoms with Gasteiger partial charge in [0, 0.05) is 19.2 Å². The number of nitrogens with one attached hydrogen (secondary N) is 1. The first kappa shape index (κ1) is 11.0. The lowest BCUT2D eigenvalue weighted by Crippen LogP contribution is -2.38. The Morgan fingerprint density at radius 2 is 1.85 bits per heavy atom. The van der Waals surface area contributed by atoms with Gasteiger partial charge in [-0.3, -0.25) is 0 Å². The smallest absolute Gasteiger partial charge is 0.0613 e. The van der Waals surface area contributed by atoms with E-state index in [1.807, 2.05) is 0 Å². The summed E-state index contributed by atoms with van der Waals surface area (Å²) in [5.41, 5.74) is 0. The van der Waals surface area contributed by atoms with Crippen molar-refractivity contribution in [2.45, 2.75) is 57.5 Å². The van der Waals surface area contributed by atoms with Gasteiger partial charge in [-0.05, 0) is 19.8 Å². The second kappa shape index (κ2) is 6.39. The molecule has 1 unspecified atom stereocenters. The monoisotopic (exact) mass is 185 g/mol. The van der Waals surface area contributed by atoms with E-state index in [2.05, 4.69) is 12.2 Å². The Bertz CT molecular complexity index is 119. The average Bonchev–Trinajstić information content (AvgIpc) is 2.33. The van der Waals surface area contributed by atoms with Crippen LogP contribution < -0.4 is 5.32 Å². The molecule has 1 saturated carbocycles. The Hall–Kier alpha value is -0.0800. The molecule has 0 heterocycles. The number of hydrogen-bond donors (Lipinski definition) is 1. The third-order valence-electron chi connectivity index (χ3n) is 2.79. The lowest BCUT2D eigenvalue weighted by molar-refractivity contribution is 0.165. The van der Waals surface area contributed by atoms with Crippen LogP contribution in [-0.4, -0.2) is 25.8 Å². The quantitative estimate of drug-likeness (QED) is 0.679. The van der Waals surface area contributed by atoms with Crippen molar-refractivity contribution in [1.82, 2.24) is 5.32 Å². The molecule has 0 aromatic carbocycles. The molecule has 1 N–H and O–H groups in total. The van der Waals surface area contributed by atoms with E-state index in [1.165, 1.54) is 38.5 Å². The molecule has 0 aliphatic heterocycles. The van der Waals surface area contributed by atoms with Crippen LogP contribution in [0.25, 0.3) is 0 Å². The predicted molar refractivity (Wildman–Crippen MR) is 56.0 cm³/mol. The highest BCUT2D eigenvalue weighted by Gasteiger charge is 2.13. The third kappa shape index (κ3) is 4.63. The largest absolute Gasteiger partial charge is 0.383 e. The minimum Gasteiger partial charge on any atom is -0.383 e.